The van der Waals surface area contributed by atoms with Crippen molar-refractivity contribution in [1.82, 2.24) is 0 Å². The highest BCUT2D eigenvalue weighted by Gasteiger charge is 2.42. The molecule has 14 heteroatoms. The van der Waals surface area contributed by atoms with E-state index >= 15 is 0 Å². The van der Waals surface area contributed by atoms with E-state index in [-0.39, 0.29) is 0 Å². The van der Waals surface area contributed by atoms with Crippen molar-refractivity contribution in [2.45, 2.75) is 22.8 Å². The average Bonchev–Trinajstić information content (AvgIpc) is 2.49. The normalized spacial score (nSPS) is 12.2. The third-order valence-corrected chi connectivity index (χ3v) is 3.17. The number of thioether (sulfide) groups is 1. The summed E-state index contributed by atoms with van der Waals surface area (Å²) in [6.45, 7) is -3.10. The van der Waals surface area contributed by atoms with Gasteiger partial charge in [-0.05, 0) is 23.9 Å². The minimum atomic E-state index is -4.70. The van der Waals surface area contributed by atoms with Crippen molar-refractivity contribution in [3.8, 4) is 5.75 Å². The van der Waals surface area contributed by atoms with Gasteiger partial charge in [0.05, 0.1) is 4.92 Å². The van der Waals surface area contributed by atoms with Crippen molar-refractivity contribution in [1.29, 1.82) is 0 Å². The van der Waals surface area contributed by atoms with E-state index in [9.17, 15) is 45.6 Å². The van der Waals surface area contributed by atoms with Crippen LogP contribution in [0.15, 0.2) is 23.1 Å². The van der Waals surface area contributed by atoms with E-state index in [0.717, 1.165) is 12.1 Å². The number of carbonyl (C=O) groups excluding carboxylic acids is 1. The number of hydrogen-bond donors (Lipinski definition) is 0. The quantitative estimate of drug-likeness (QED) is 0.211. The molecule has 0 spiro atoms. The summed E-state index contributed by atoms with van der Waals surface area (Å²) < 4.78 is 94.2. The standard InChI is InChI=1S/C12H8F7NO5S/c13-10(14)11(15,16)5-25-9(21)4-24-8-2-1-6(26-12(17,18)19)3-7(8)20(22)23/h1-3,10H,4-5H2. The van der Waals surface area contributed by atoms with Gasteiger partial charge in [0.15, 0.2) is 19.0 Å². The van der Waals surface area contributed by atoms with Gasteiger partial charge in [0.2, 0.25) is 0 Å². The molecule has 6 nitrogen and oxygen atoms in total. The Labute approximate surface area is 144 Å². The minimum Gasteiger partial charge on any atom is -0.475 e. The molecule has 0 atom stereocenters. The molecule has 0 fully saturated rings. The van der Waals surface area contributed by atoms with Gasteiger partial charge < -0.3 is 9.47 Å². The topological polar surface area (TPSA) is 78.7 Å². The molecule has 0 radical (unpaired) electrons. The summed E-state index contributed by atoms with van der Waals surface area (Å²) >= 11 is -0.627. The lowest BCUT2D eigenvalue weighted by Crippen LogP contribution is -2.34. The van der Waals surface area contributed by atoms with Crippen molar-refractivity contribution in [2.24, 2.45) is 0 Å². The summed E-state index contributed by atoms with van der Waals surface area (Å²) in [5, 5.41) is 10.9. The molecule has 146 valence electrons. The predicted molar refractivity (Wildman–Crippen MR) is 72.4 cm³/mol. The highest BCUT2D eigenvalue weighted by atomic mass is 32.2. The lowest BCUT2D eigenvalue weighted by Gasteiger charge is -2.15. The summed E-state index contributed by atoms with van der Waals surface area (Å²) in [5.74, 6) is -6.76. The molecule has 0 aromatic heterocycles. The fraction of sp³-hybridized carbons (Fsp3) is 0.417. The number of carbonyl (C=O) groups is 1. The van der Waals surface area contributed by atoms with E-state index in [1.807, 2.05) is 0 Å². The second-order valence-electron chi connectivity index (χ2n) is 4.45. The van der Waals surface area contributed by atoms with Crippen LogP contribution >= 0.6 is 11.8 Å². The van der Waals surface area contributed by atoms with Crippen molar-refractivity contribution in [3.63, 3.8) is 0 Å². The summed E-state index contributed by atoms with van der Waals surface area (Å²) in [6.07, 6.45) is -4.07. The van der Waals surface area contributed by atoms with Crippen molar-refractivity contribution in [2.75, 3.05) is 13.2 Å². The number of alkyl halides is 7. The van der Waals surface area contributed by atoms with Crippen LogP contribution in [0.2, 0.25) is 0 Å². The molecule has 1 aromatic carbocycles. The molecule has 0 saturated carbocycles. The van der Waals surface area contributed by atoms with E-state index in [2.05, 4.69) is 9.47 Å². The van der Waals surface area contributed by atoms with E-state index < -0.39 is 70.1 Å². The molecule has 0 aliphatic heterocycles. The number of esters is 1. The molecule has 0 aliphatic rings. The molecule has 1 rings (SSSR count). The zero-order valence-electron chi connectivity index (χ0n) is 12.3. The maximum atomic E-state index is 12.6. The lowest BCUT2D eigenvalue weighted by atomic mass is 10.3. The molecule has 0 aliphatic carbocycles. The van der Waals surface area contributed by atoms with Crippen molar-refractivity contribution < 1.29 is 49.9 Å². The summed E-state index contributed by atoms with van der Waals surface area (Å²) in [4.78, 5) is 20.4. The molecule has 0 unspecified atom stereocenters. The Morgan fingerprint density at radius 3 is 2.35 bits per heavy atom. The van der Waals surface area contributed by atoms with E-state index in [0.29, 0.717) is 6.07 Å². The Bertz CT molecular complexity index is 668. The molecule has 26 heavy (non-hydrogen) atoms. The predicted octanol–water partition coefficient (Wildman–Crippen LogP) is 4.03. The Balaban J connectivity index is 2.74. The zero-order chi connectivity index (χ0) is 20.1. The number of hydrogen-bond acceptors (Lipinski definition) is 6. The van der Waals surface area contributed by atoms with Crippen LogP contribution in [0.4, 0.5) is 36.4 Å². The first-order valence-electron chi connectivity index (χ1n) is 6.30. The van der Waals surface area contributed by atoms with Gasteiger partial charge in [-0.3, -0.25) is 10.1 Å². The van der Waals surface area contributed by atoms with Crippen LogP contribution in [0.1, 0.15) is 0 Å². The zero-order valence-corrected chi connectivity index (χ0v) is 13.1. The minimum absolute atomic E-state index is 0.532. The van der Waals surface area contributed by atoms with Crippen LogP contribution in [0.25, 0.3) is 0 Å². The monoisotopic (exact) mass is 411 g/mol. The molecule has 0 N–H and O–H groups in total. The van der Waals surface area contributed by atoms with Gasteiger partial charge in [0, 0.05) is 11.0 Å². The third kappa shape index (κ3) is 6.93. The average molecular weight is 411 g/mol. The molecule has 0 bridgehead atoms. The highest BCUT2D eigenvalue weighted by Crippen LogP contribution is 2.40. The number of nitro groups is 1. The molecular formula is C12H8F7NO5S. The largest absolute Gasteiger partial charge is 0.475 e. The molecule has 0 saturated heterocycles. The van der Waals surface area contributed by atoms with Gasteiger partial charge >= 0.3 is 29.5 Å². The Morgan fingerprint density at radius 2 is 1.85 bits per heavy atom. The van der Waals surface area contributed by atoms with Crippen molar-refractivity contribution >= 4 is 23.4 Å². The Morgan fingerprint density at radius 1 is 1.23 bits per heavy atom. The number of benzene rings is 1. The van der Waals surface area contributed by atoms with Crippen molar-refractivity contribution in [3.05, 3.63) is 28.3 Å². The Kier molecular flexibility index (Phi) is 7.06. The fourth-order valence-corrected chi connectivity index (χ4v) is 1.95. The third-order valence-electron chi connectivity index (χ3n) is 2.45. The first-order chi connectivity index (χ1) is 11.8. The van der Waals surface area contributed by atoms with E-state index in [4.69, 9.17) is 0 Å². The smallest absolute Gasteiger partial charge is 0.446 e. The van der Waals surface area contributed by atoms with Crippen LogP contribution in [0.5, 0.6) is 5.75 Å². The number of nitrogens with zero attached hydrogens (tertiary/aromatic N) is 1. The summed E-state index contributed by atoms with van der Waals surface area (Å²) in [5.41, 5.74) is -5.62. The van der Waals surface area contributed by atoms with Gasteiger partial charge in [0.1, 0.15) is 0 Å². The van der Waals surface area contributed by atoms with Crippen LogP contribution in [0, 0.1) is 10.1 Å². The number of nitro benzene ring substituents is 1. The second-order valence-corrected chi connectivity index (χ2v) is 5.58. The maximum Gasteiger partial charge on any atom is 0.446 e. The molecular weight excluding hydrogens is 403 g/mol. The van der Waals surface area contributed by atoms with Crippen LogP contribution < -0.4 is 4.74 Å². The van der Waals surface area contributed by atoms with Gasteiger partial charge in [0.25, 0.3) is 0 Å². The molecule has 0 amide bonds. The Hall–Kier alpha value is -2.25. The second kappa shape index (κ2) is 8.42. The van der Waals surface area contributed by atoms with Gasteiger partial charge in [-0.2, -0.15) is 22.0 Å². The maximum absolute atomic E-state index is 12.6. The first-order valence-corrected chi connectivity index (χ1v) is 7.12. The van der Waals surface area contributed by atoms with Crippen LogP contribution in [-0.2, 0) is 9.53 Å². The van der Waals surface area contributed by atoms with Gasteiger partial charge in [-0.15, -0.1) is 0 Å². The van der Waals surface area contributed by atoms with Crippen LogP contribution in [-0.4, -0.2) is 42.0 Å². The van der Waals surface area contributed by atoms with Gasteiger partial charge in [-0.25, -0.2) is 13.6 Å². The first kappa shape index (κ1) is 21.8. The summed E-state index contributed by atoms with van der Waals surface area (Å²) in [6, 6.07) is 2.10. The number of ether oxygens (including phenoxy) is 2. The highest BCUT2D eigenvalue weighted by molar-refractivity contribution is 8.00. The fourth-order valence-electron chi connectivity index (χ4n) is 1.38. The van der Waals surface area contributed by atoms with E-state index in [1.165, 1.54) is 0 Å². The van der Waals surface area contributed by atoms with Gasteiger partial charge in [-0.1, -0.05) is 0 Å². The molecule has 1 aromatic rings. The number of halogens is 7. The number of rotatable bonds is 8. The van der Waals surface area contributed by atoms with Crippen LogP contribution in [0.3, 0.4) is 0 Å². The van der Waals surface area contributed by atoms with E-state index in [1.54, 1.807) is 0 Å². The molecule has 0 heterocycles. The lowest BCUT2D eigenvalue weighted by molar-refractivity contribution is -0.386. The summed E-state index contributed by atoms with van der Waals surface area (Å²) in [7, 11) is 0. The SMILES string of the molecule is O=C(COc1ccc(SC(F)(F)F)cc1[N+](=O)[O-])OCC(F)(F)C(F)F.